The lowest BCUT2D eigenvalue weighted by Crippen LogP contribution is -2.27. The fraction of sp³-hybridized carbons (Fsp3) is 0.778. The Balaban J connectivity index is 2.32. The summed E-state index contributed by atoms with van der Waals surface area (Å²) in [5.41, 5.74) is 0.318. The van der Waals surface area contributed by atoms with Crippen molar-refractivity contribution in [1.82, 2.24) is 20.1 Å². The molecule has 0 saturated carbocycles. The Morgan fingerprint density at radius 1 is 1.46 bits per heavy atom. The average molecular weight is 182 g/mol. The average Bonchev–Trinajstić information content (AvgIpc) is 2.34. The number of hydrogen-bond donors (Lipinski definition) is 1. The summed E-state index contributed by atoms with van der Waals surface area (Å²) in [7, 11) is 1.90. The highest BCUT2D eigenvalue weighted by Crippen LogP contribution is 2.10. The molecule has 0 saturated heterocycles. The topological polar surface area (TPSA) is 42.7 Å². The first kappa shape index (κ1) is 10.2. The molecule has 1 aromatic rings. The number of nitrogens with one attached hydrogen (secondary N) is 1. The minimum Gasteiger partial charge on any atom is -0.309 e. The molecule has 13 heavy (non-hydrogen) atoms. The van der Waals surface area contributed by atoms with Crippen LogP contribution in [-0.2, 0) is 13.6 Å². The third-order valence-corrected chi connectivity index (χ3v) is 1.74. The first-order valence-corrected chi connectivity index (χ1v) is 4.53. The van der Waals surface area contributed by atoms with Gasteiger partial charge in [0.05, 0.1) is 6.54 Å². The zero-order valence-corrected chi connectivity index (χ0v) is 8.83. The second kappa shape index (κ2) is 3.87. The zero-order valence-electron chi connectivity index (χ0n) is 8.83. The van der Waals surface area contributed by atoms with E-state index in [1.165, 1.54) is 0 Å². The fourth-order valence-electron chi connectivity index (χ4n) is 1.03. The number of nitrogens with zero attached hydrogens (tertiary/aromatic N) is 3. The van der Waals surface area contributed by atoms with Crippen LogP contribution < -0.4 is 5.32 Å². The molecular formula is C9H18N4. The van der Waals surface area contributed by atoms with E-state index in [1.807, 2.05) is 7.05 Å². The summed E-state index contributed by atoms with van der Waals surface area (Å²) in [5.74, 6) is 0.976. The summed E-state index contributed by atoms with van der Waals surface area (Å²) >= 11 is 0. The lowest BCUT2D eigenvalue weighted by Gasteiger charge is -2.18. The Labute approximate surface area is 79.4 Å². The van der Waals surface area contributed by atoms with Crippen molar-refractivity contribution in [2.75, 3.05) is 6.54 Å². The summed E-state index contributed by atoms with van der Waals surface area (Å²) in [6, 6.07) is 0. The van der Waals surface area contributed by atoms with Gasteiger partial charge in [-0.2, -0.15) is 5.10 Å². The molecule has 74 valence electrons. The Kier molecular flexibility index (Phi) is 3.03. The maximum absolute atomic E-state index is 4.12. The smallest absolute Gasteiger partial charge is 0.140 e. The molecule has 0 aliphatic carbocycles. The third kappa shape index (κ3) is 3.55. The summed E-state index contributed by atoms with van der Waals surface area (Å²) in [6.07, 6.45) is 1.58. The van der Waals surface area contributed by atoms with Crippen molar-refractivity contribution < 1.29 is 0 Å². The highest BCUT2D eigenvalue weighted by Gasteiger charge is 2.09. The second-order valence-electron chi connectivity index (χ2n) is 4.46. The molecule has 0 aromatic carbocycles. The van der Waals surface area contributed by atoms with Crippen LogP contribution in [0.1, 0.15) is 26.6 Å². The molecular weight excluding hydrogens is 164 g/mol. The molecule has 0 bridgehead atoms. The highest BCUT2D eigenvalue weighted by atomic mass is 15.3. The van der Waals surface area contributed by atoms with Gasteiger partial charge in [0.15, 0.2) is 0 Å². The van der Waals surface area contributed by atoms with Gasteiger partial charge in [0.2, 0.25) is 0 Å². The number of aryl methyl sites for hydroxylation is 1. The summed E-state index contributed by atoms with van der Waals surface area (Å²) in [5, 5.41) is 7.34. The van der Waals surface area contributed by atoms with Crippen molar-refractivity contribution in [2.45, 2.75) is 27.3 Å². The molecule has 1 rings (SSSR count). The van der Waals surface area contributed by atoms with Crippen LogP contribution in [0.3, 0.4) is 0 Å². The van der Waals surface area contributed by atoms with E-state index in [0.717, 1.165) is 18.9 Å². The first-order valence-electron chi connectivity index (χ1n) is 4.53. The van der Waals surface area contributed by atoms with Gasteiger partial charge in [0.1, 0.15) is 12.2 Å². The molecule has 0 fully saturated rings. The van der Waals surface area contributed by atoms with Crippen molar-refractivity contribution in [3.05, 3.63) is 12.2 Å². The summed E-state index contributed by atoms with van der Waals surface area (Å²) in [6.45, 7) is 8.39. The van der Waals surface area contributed by atoms with Gasteiger partial charge in [-0.1, -0.05) is 20.8 Å². The number of hydrogen-bond acceptors (Lipinski definition) is 3. The molecule has 4 heteroatoms. The predicted molar refractivity (Wildman–Crippen MR) is 52.2 cm³/mol. The Bertz CT molecular complexity index is 259. The first-order chi connectivity index (χ1) is 5.99. The van der Waals surface area contributed by atoms with E-state index in [-0.39, 0.29) is 0 Å². The van der Waals surface area contributed by atoms with Crippen LogP contribution in [0.2, 0.25) is 0 Å². The fourth-order valence-corrected chi connectivity index (χ4v) is 1.03. The minimum absolute atomic E-state index is 0.318. The quantitative estimate of drug-likeness (QED) is 0.757. The van der Waals surface area contributed by atoms with Crippen molar-refractivity contribution in [1.29, 1.82) is 0 Å². The SMILES string of the molecule is Cn1ncnc1CNCC(C)(C)C. The van der Waals surface area contributed by atoms with Crippen molar-refractivity contribution in [2.24, 2.45) is 12.5 Å². The van der Waals surface area contributed by atoms with Gasteiger partial charge < -0.3 is 5.32 Å². The van der Waals surface area contributed by atoms with E-state index in [1.54, 1.807) is 11.0 Å². The molecule has 0 spiro atoms. The van der Waals surface area contributed by atoms with Gasteiger partial charge in [-0.25, -0.2) is 4.98 Å². The molecule has 0 aliphatic rings. The van der Waals surface area contributed by atoms with Crippen LogP contribution in [0.4, 0.5) is 0 Å². The molecule has 1 heterocycles. The van der Waals surface area contributed by atoms with E-state index < -0.39 is 0 Å². The Morgan fingerprint density at radius 2 is 2.15 bits per heavy atom. The van der Waals surface area contributed by atoms with Gasteiger partial charge in [0, 0.05) is 13.6 Å². The summed E-state index contributed by atoms with van der Waals surface area (Å²) < 4.78 is 1.79. The third-order valence-electron chi connectivity index (χ3n) is 1.74. The van der Waals surface area contributed by atoms with E-state index in [2.05, 4.69) is 36.2 Å². The standard InChI is InChI=1S/C9H18N4/c1-9(2,3)6-10-5-8-11-7-12-13(8)4/h7,10H,5-6H2,1-4H3. The summed E-state index contributed by atoms with van der Waals surface area (Å²) in [4.78, 5) is 4.12. The van der Waals surface area contributed by atoms with Crippen LogP contribution >= 0.6 is 0 Å². The second-order valence-corrected chi connectivity index (χ2v) is 4.46. The molecule has 0 atom stereocenters. The van der Waals surface area contributed by atoms with Gasteiger partial charge >= 0.3 is 0 Å². The molecule has 1 N–H and O–H groups in total. The lowest BCUT2D eigenvalue weighted by molar-refractivity contribution is 0.375. The lowest BCUT2D eigenvalue weighted by atomic mass is 9.97. The largest absolute Gasteiger partial charge is 0.309 e. The monoisotopic (exact) mass is 182 g/mol. The van der Waals surface area contributed by atoms with E-state index in [4.69, 9.17) is 0 Å². The van der Waals surface area contributed by atoms with Gasteiger partial charge in [-0.05, 0) is 5.41 Å². The van der Waals surface area contributed by atoms with Crippen LogP contribution in [0.5, 0.6) is 0 Å². The van der Waals surface area contributed by atoms with Crippen LogP contribution in [0.15, 0.2) is 6.33 Å². The minimum atomic E-state index is 0.318. The van der Waals surface area contributed by atoms with Crippen molar-refractivity contribution >= 4 is 0 Å². The van der Waals surface area contributed by atoms with E-state index in [0.29, 0.717) is 5.41 Å². The molecule has 0 aliphatic heterocycles. The van der Waals surface area contributed by atoms with E-state index >= 15 is 0 Å². The number of rotatable bonds is 3. The Hall–Kier alpha value is -0.900. The number of aromatic nitrogens is 3. The predicted octanol–water partition coefficient (Wildman–Crippen LogP) is 0.951. The normalized spacial score (nSPS) is 12.0. The van der Waals surface area contributed by atoms with Crippen molar-refractivity contribution in [3.8, 4) is 0 Å². The van der Waals surface area contributed by atoms with E-state index in [9.17, 15) is 0 Å². The molecule has 0 radical (unpaired) electrons. The van der Waals surface area contributed by atoms with Crippen LogP contribution in [0.25, 0.3) is 0 Å². The Morgan fingerprint density at radius 3 is 2.62 bits per heavy atom. The molecule has 1 aromatic heterocycles. The maximum atomic E-state index is 4.12. The van der Waals surface area contributed by atoms with Gasteiger partial charge in [-0.3, -0.25) is 4.68 Å². The van der Waals surface area contributed by atoms with Crippen molar-refractivity contribution in [3.63, 3.8) is 0 Å². The maximum Gasteiger partial charge on any atom is 0.140 e. The molecule has 0 amide bonds. The molecule has 4 nitrogen and oxygen atoms in total. The zero-order chi connectivity index (χ0) is 9.90. The van der Waals surface area contributed by atoms with Crippen LogP contribution in [-0.4, -0.2) is 21.3 Å². The van der Waals surface area contributed by atoms with Gasteiger partial charge in [0.25, 0.3) is 0 Å². The van der Waals surface area contributed by atoms with Crippen LogP contribution in [0, 0.1) is 5.41 Å². The molecule has 0 unspecified atom stereocenters. The van der Waals surface area contributed by atoms with Gasteiger partial charge in [-0.15, -0.1) is 0 Å². The highest BCUT2D eigenvalue weighted by molar-refractivity contribution is 4.82.